The molecule has 98 valence electrons. The molecule has 0 fully saturated rings. The molecular formula is C12H12ClN5O. The van der Waals surface area contributed by atoms with E-state index in [-0.39, 0.29) is 11.1 Å². The third kappa shape index (κ3) is 3.62. The second kappa shape index (κ2) is 6.10. The van der Waals surface area contributed by atoms with Crippen LogP contribution in [-0.4, -0.2) is 28.1 Å². The molecule has 0 radical (unpaired) electrons. The minimum Gasteiger partial charge on any atom is -0.373 e. The number of pyridine rings is 1. The zero-order chi connectivity index (χ0) is 13.7. The van der Waals surface area contributed by atoms with Crippen LogP contribution >= 0.6 is 11.6 Å². The van der Waals surface area contributed by atoms with Crippen LogP contribution in [0.4, 0.5) is 5.82 Å². The first-order valence-corrected chi connectivity index (χ1v) is 5.97. The van der Waals surface area contributed by atoms with Crippen molar-refractivity contribution in [1.29, 1.82) is 0 Å². The van der Waals surface area contributed by atoms with Crippen molar-refractivity contribution in [2.75, 3.05) is 12.4 Å². The number of amides is 1. The van der Waals surface area contributed by atoms with E-state index in [0.29, 0.717) is 23.6 Å². The molecule has 2 aromatic heterocycles. The molecule has 2 rings (SSSR count). The van der Waals surface area contributed by atoms with Crippen LogP contribution in [0.15, 0.2) is 30.5 Å². The highest BCUT2D eigenvalue weighted by molar-refractivity contribution is 6.29. The van der Waals surface area contributed by atoms with Crippen molar-refractivity contribution >= 4 is 23.3 Å². The van der Waals surface area contributed by atoms with Crippen LogP contribution in [0, 0.1) is 0 Å². The molecule has 2 heterocycles. The van der Waals surface area contributed by atoms with Crippen LogP contribution in [0.3, 0.4) is 0 Å². The Morgan fingerprint density at radius 2 is 2.26 bits per heavy atom. The average molecular weight is 278 g/mol. The first-order chi connectivity index (χ1) is 9.19. The van der Waals surface area contributed by atoms with E-state index in [2.05, 4.69) is 25.8 Å². The summed E-state index contributed by atoms with van der Waals surface area (Å²) in [5, 5.41) is 13.5. The molecule has 0 aliphatic rings. The summed E-state index contributed by atoms with van der Waals surface area (Å²) in [6.07, 6.45) is 1.58. The molecule has 0 spiro atoms. The Kier molecular flexibility index (Phi) is 4.25. The predicted octanol–water partition coefficient (Wildman–Crippen LogP) is 1.50. The minimum atomic E-state index is -0.244. The van der Waals surface area contributed by atoms with Gasteiger partial charge in [0, 0.05) is 18.8 Å². The molecule has 0 saturated carbocycles. The van der Waals surface area contributed by atoms with Gasteiger partial charge < -0.3 is 10.6 Å². The molecule has 0 unspecified atom stereocenters. The highest BCUT2D eigenvalue weighted by atomic mass is 35.5. The van der Waals surface area contributed by atoms with Gasteiger partial charge in [-0.2, -0.15) is 10.2 Å². The van der Waals surface area contributed by atoms with Gasteiger partial charge >= 0.3 is 0 Å². The summed E-state index contributed by atoms with van der Waals surface area (Å²) in [5.41, 5.74) is 1.12. The molecule has 6 nitrogen and oxygen atoms in total. The minimum absolute atomic E-state index is 0.244. The number of carbonyl (C=O) groups is 1. The zero-order valence-electron chi connectivity index (χ0n) is 10.2. The van der Waals surface area contributed by atoms with Gasteiger partial charge in [0.25, 0.3) is 5.91 Å². The van der Waals surface area contributed by atoms with Gasteiger partial charge in [0.2, 0.25) is 0 Å². The van der Waals surface area contributed by atoms with Crippen molar-refractivity contribution in [3.63, 3.8) is 0 Å². The summed E-state index contributed by atoms with van der Waals surface area (Å²) in [5.74, 6) is 0.295. The highest BCUT2D eigenvalue weighted by Gasteiger charge is 2.09. The number of nitrogens with one attached hydrogen (secondary N) is 2. The number of carbonyl (C=O) groups excluding carboxylic acids is 1. The number of rotatable bonds is 4. The van der Waals surface area contributed by atoms with Crippen LogP contribution < -0.4 is 10.6 Å². The Labute approximate surface area is 115 Å². The maximum atomic E-state index is 12.0. The fraction of sp³-hybridized carbons (Fsp3) is 0.167. The number of hydrogen-bond acceptors (Lipinski definition) is 5. The molecule has 0 aliphatic carbocycles. The molecule has 19 heavy (non-hydrogen) atoms. The normalized spacial score (nSPS) is 10.0. The van der Waals surface area contributed by atoms with E-state index in [1.165, 1.54) is 6.07 Å². The van der Waals surface area contributed by atoms with E-state index in [1.807, 2.05) is 0 Å². The Bertz CT molecular complexity index is 576. The van der Waals surface area contributed by atoms with Crippen molar-refractivity contribution in [3.05, 3.63) is 46.9 Å². The lowest BCUT2D eigenvalue weighted by Gasteiger charge is -2.06. The van der Waals surface area contributed by atoms with Crippen molar-refractivity contribution in [2.24, 2.45) is 0 Å². The molecule has 7 heteroatoms. The Hall–Kier alpha value is -2.21. The predicted molar refractivity (Wildman–Crippen MR) is 72.0 cm³/mol. The lowest BCUT2D eigenvalue weighted by atomic mass is 10.2. The standard InChI is InChI=1S/C12H12ClN5O/c1-14-11-6-8(5-10(13)17-11)12(19)15-7-9-3-2-4-16-18-9/h2-6H,7H2,1H3,(H,14,17)(H,15,19). The summed E-state index contributed by atoms with van der Waals surface area (Å²) in [6.45, 7) is 0.307. The molecule has 0 saturated heterocycles. The number of hydrogen-bond donors (Lipinski definition) is 2. The first-order valence-electron chi connectivity index (χ1n) is 5.59. The van der Waals surface area contributed by atoms with Gasteiger partial charge in [-0.05, 0) is 24.3 Å². The molecule has 1 amide bonds. The van der Waals surface area contributed by atoms with E-state index in [9.17, 15) is 4.79 Å². The summed E-state index contributed by atoms with van der Waals surface area (Å²) in [6, 6.07) is 6.68. The van der Waals surface area contributed by atoms with E-state index in [1.54, 1.807) is 31.4 Å². The average Bonchev–Trinajstić information content (AvgIpc) is 2.45. The van der Waals surface area contributed by atoms with Crippen molar-refractivity contribution in [3.8, 4) is 0 Å². The molecule has 0 aliphatic heterocycles. The van der Waals surface area contributed by atoms with E-state index in [4.69, 9.17) is 11.6 Å². The molecule has 2 N–H and O–H groups in total. The molecule has 0 aromatic carbocycles. The summed E-state index contributed by atoms with van der Waals surface area (Å²) in [7, 11) is 1.71. The Balaban J connectivity index is 2.06. The fourth-order valence-electron chi connectivity index (χ4n) is 1.46. The van der Waals surface area contributed by atoms with Crippen molar-refractivity contribution < 1.29 is 4.79 Å². The largest absolute Gasteiger partial charge is 0.373 e. The fourth-order valence-corrected chi connectivity index (χ4v) is 1.67. The molecule has 0 bridgehead atoms. The summed E-state index contributed by atoms with van der Waals surface area (Å²) >= 11 is 5.84. The highest BCUT2D eigenvalue weighted by Crippen LogP contribution is 2.14. The van der Waals surface area contributed by atoms with Gasteiger partial charge in [-0.3, -0.25) is 4.79 Å². The van der Waals surface area contributed by atoms with Crippen LogP contribution in [0.5, 0.6) is 0 Å². The van der Waals surface area contributed by atoms with Crippen LogP contribution in [-0.2, 0) is 6.54 Å². The van der Waals surface area contributed by atoms with E-state index in [0.717, 1.165) is 0 Å². The smallest absolute Gasteiger partial charge is 0.251 e. The zero-order valence-corrected chi connectivity index (χ0v) is 11.0. The number of nitrogens with zero attached hydrogens (tertiary/aromatic N) is 3. The Morgan fingerprint density at radius 1 is 1.42 bits per heavy atom. The van der Waals surface area contributed by atoms with Crippen molar-refractivity contribution in [1.82, 2.24) is 20.5 Å². The van der Waals surface area contributed by atoms with Gasteiger partial charge in [-0.15, -0.1) is 0 Å². The van der Waals surface area contributed by atoms with Crippen LogP contribution in [0.25, 0.3) is 0 Å². The van der Waals surface area contributed by atoms with E-state index < -0.39 is 0 Å². The maximum absolute atomic E-state index is 12.0. The SMILES string of the molecule is CNc1cc(C(=O)NCc2cccnn2)cc(Cl)n1. The lowest BCUT2D eigenvalue weighted by molar-refractivity contribution is 0.0950. The van der Waals surface area contributed by atoms with Gasteiger partial charge in [0.1, 0.15) is 11.0 Å². The van der Waals surface area contributed by atoms with E-state index >= 15 is 0 Å². The van der Waals surface area contributed by atoms with Crippen molar-refractivity contribution in [2.45, 2.75) is 6.54 Å². The van der Waals surface area contributed by atoms with Gasteiger partial charge in [-0.25, -0.2) is 4.98 Å². The first kappa shape index (κ1) is 13.2. The van der Waals surface area contributed by atoms with Crippen LogP contribution in [0.2, 0.25) is 5.15 Å². The van der Waals surface area contributed by atoms with Crippen LogP contribution in [0.1, 0.15) is 16.1 Å². The maximum Gasteiger partial charge on any atom is 0.251 e. The summed E-state index contributed by atoms with van der Waals surface area (Å²) < 4.78 is 0. The second-order valence-electron chi connectivity index (χ2n) is 3.71. The molecule has 2 aromatic rings. The molecular weight excluding hydrogens is 266 g/mol. The lowest BCUT2D eigenvalue weighted by Crippen LogP contribution is -2.23. The second-order valence-corrected chi connectivity index (χ2v) is 4.10. The monoisotopic (exact) mass is 277 g/mol. The van der Waals surface area contributed by atoms with Gasteiger partial charge in [-0.1, -0.05) is 11.6 Å². The number of halogens is 1. The third-order valence-electron chi connectivity index (χ3n) is 2.37. The van der Waals surface area contributed by atoms with Gasteiger partial charge in [0.15, 0.2) is 0 Å². The summed E-state index contributed by atoms with van der Waals surface area (Å²) in [4.78, 5) is 16.0. The topological polar surface area (TPSA) is 79.8 Å². The molecule has 0 atom stereocenters. The number of aromatic nitrogens is 3. The quantitative estimate of drug-likeness (QED) is 0.828. The van der Waals surface area contributed by atoms with Gasteiger partial charge in [0.05, 0.1) is 12.2 Å². The Morgan fingerprint density at radius 3 is 2.95 bits per heavy atom. The third-order valence-corrected chi connectivity index (χ3v) is 2.56. The number of anilines is 1.